The van der Waals surface area contributed by atoms with Crippen LogP contribution in [0, 0.1) is 6.92 Å². The van der Waals surface area contributed by atoms with Crippen LogP contribution < -0.4 is 5.32 Å². The number of fused-ring (bicyclic) bond motifs is 1. The van der Waals surface area contributed by atoms with E-state index in [0.29, 0.717) is 5.95 Å². The summed E-state index contributed by atoms with van der Waals surface area (Å²) in [4.78, 5) is 4.42. The number of aromatic nitrogens is 3. The maximum atomic E-state index is 4.42. The molecule has 2 heterocycles. The molecule has 0 bridgehead atoms. The van der Waals surface area contributed by atoms with Crippen LogP contribution in [0.4, 0.5) is 5.95 Å². The van der Waals surface area contributed by atoms with Crippen LogP contribution in [-0.2, 0) is 6.42 Å². The summed E-state index contributed by atoms with van der Waals surface area (Å²) in [6.07, 6.45) is 2.86. The summed E-state index contributed by atoms with van der Waals surface area (Å²) in [5, 5.41) is 7.65. The fraction of sp³-hybridized carbons (Fsp3) is 0.200. The van der Waals surface area contributed by atoms with Crippen molar-refractivity contribution in [1.29, 1.82) is 0 Å². The lowest BCUT2D eigenvalue weighted by Crippen LogP contribution is -2.06. The average Bonchev–Trinajstić information content (AvgIpc) is 2.80. The molecule has 1 aromatic carbocycles. The van der Waals surface area contributed by atoms with Crippen molar-refractivity contribution in [3.63, 3.8) is 0 Å². The third-order valence-corrected chi connectivity index (χ3v) is 3.54. The van der Waals surface area contributed by atoms with Gasteiger partial charge in [-0.25, -0.2) is 4.52 Å². The van der Waals surface area contributed by atoms with E-state index in [1.54, 1.807) is 4.52 Å². The van der Waals surface area contributed by atoms with E-state index in [2.05, 4.69) is 62.5 Å². The van der Waals surface area contributed by atoms with Gasteiger partial charge in [0.2, 0.25) is 5.95 Å². The molecule has 0 saturated carbocycles. The van der Waals surface area contributed by atoms with Crippen LogP contribution >= 0.6 is 15.9 Å². The minimum absolute atomic E-state index is 0.663. The van der Waals surface area contributed by atoms with E-state index < -0.39 is 0 Å². The molecule has 0 aliphatic carbocycles. The number of halogens is 1. The zero-order valence-electron chi connectivity index (χ0n) is 11.2. The molecular weight excluding hydrogens is 316 g/mol. The van der Waals surface area contributed by atoms with Crippen LogP contribution in [0.5, 0.6) is 0 Å². The number of anilines is 1. The van der Waals surface area contributed by atoms with Crippen molar-refractivity contribution in [2.24, 2.45) is 0 Å². The first-order valence-corrected chi connectivity index (χ1v) is 7.31. The second-order valence-electron chi connectivity index (χ2n) is 4.75. The van der Waals surface area contributed by atoms with Crippen molar-refractivity contribution in [2.45, 2.75) is 13.3 Å². The smallest absolute Gasteiger partial charge is 0.243 e. The molecule has 0 aliphatic rings. The molecule has 0 aliphatic heterocycles. The summed E-state index contributed by atoms with van der Waals surface area (Å²) >= 11 is 3.42. The van der Waals surface area contributed by atoms with E-state index in [9.17, 15) is 0 Å². The Morgan fingerprint density at radius 1 is 1.25 bits per heavy atom. The summed E-state index contributed by atoms with van der Waals surface area (Å²) < 4.78 is 2.75. The fourth-order valence-electron chi connectivity index (χ4n) is 2.12. The van der Waals surface area contributed by atoms with Crippen molar-refractivity contribution in [3.05, 3.63) is 58.2 Å². The summed E-state index contributed by atoms with van der Waals surface area (Å²) in [7, 11) is 0. The van der Waals surface area contributed by atoms with E-state index >= 15 is 0 Å². The van der Waals surface area contributed by atoms with Gasteiger partial charge in [0.05, 0.1) is 0 Å². The molecular formula is C15H15BrN4. The Morgan fingerprint density at radius 3 is 3.00 bits per heavy atom. The number of hydrogen-bond donors (Lipinski definition) is 1. The maximum absolute atomic E-state index is 4.42. The third kappa shape index (κ3) is 2.99. The Labute approximate surface area is 126 Å². The van der Waals surface area contributed by atoms with Gasteiger partial charge in [0, 0.05) is 17.2 Å². The second-order valence-corrected chi connectivity index (χ2v) is 5.67. The molecule has 0 unspecified atom stereocenters. The highest BCUT2D eigenvalue weighted by Gasteiger charge is 2.03. The first-order chi connectivity index (χ1) is 9.70. The highest BCUT2D eigenvalue weighted by Crippen LogP contribution is 2.12. The molecule has 20 heavy (non-hydrogen) atoms. The van der Waals surface area contributed by atoms with Gasteiger partial charge in [0.25, 0.3) is 0 Å². The Hall–Kier alpha value is -1.88. The summed E-state index contributed by atoms with van der Waals surface area (Å²) in [5.41, 5.74) is 3.45. The zero-order chi connectivity index (χ0) is 13.9. The molecule has 0 fully saturated rings. The first kappa shape index (κ1) is 13.1. The molecule has 3 aromatic rings. The van der Waals surface area contributed by atoms with E-state index in [-0.39, 0.29) is 0 Å². The number of nitrogens with one attached hydrogen (secondary N) is 1. The quantitative estimate of drug-likeness (QED) is 0.796. The Bertz CT molecular complexity index is 736. The lowest BCUT2D eigenvalue weighted by Gasteiger charge is -2.03. The summed E-state index contributed by atoms with van der Waals surface area (Å²) in [6, 6.07) is 12.4. The van der Waals surface area contributed by atoms with Crippen molar-refractivity contribution in [1.82, 2.24) is 14.6 Å². The van der Waals surface area contributed by atoms with Crippen LogP contribution in [-0.4, -0.2) is 21.1 Å². The third-order valence-electron chi connectivity index (χ3n) is 3.07. The van der Waals surface area contributed by atoms with Crippen molar-refractivity contribution < 1.29 is 0 Å². The molecule has 0 amide bonds. The van der Waals surface area contributed by atoms with Gasteiger partial charge in [0.1, 0.15) is 0 Å². The topological polar surface area (TPSA) is 42.2 Å². The Balaban J connectivity index is 1.65. The molecule has 102 valence electrons. The Morgan fingerprint density at radius 2 is 2.15 bits per heavy atom. The van der Waals surface area contributed by atoms with Crippen LogP contribution in [0.1, 0.15) is 11.1 Å². The monoisotopic (exact) mass is 330 g/mol. The summed E-state index contributed by atoms with van der Waals surface area (Å²) in [5.74, 6) is 0.663. The maximum Gasteiger partial charge on any atom is 0.243 e. The minimum Gasteiger partial charge on any atom is -0.353 e. The molecule has 1 N–H and O–H groups in total. The van der Waals surface area contributed by atoms with Gasteiger partial charge in [-0.1, -0.05) is 29.8 Å². The lowest BCUT2D eigenvalue weighted by atomic mass is 10.1. The van der Waals surface area contributed by atoms with E-state index in [1.807, 2.05) is 18.3 Å². The number of nitrogens with zero attached hydrogens (tertiary/aromatic N) is 3. The second kappa shape index (κ2) is 5.63. The number of rotatable bonds is 4. The van der Waals surface area contributed by atoms with Crippen molar-refractivity contribution in [2.75, 3.05) is 11.9 Å². The normalized spacial score (nSPS) is 10.9. The summed E-state index contributed by atoms with van der Waals surface area (Å²) in [6.45, 7) is 2.93. The van der Waals surface area contributed by atoms with Crippen molar-refractivity contribution >= 4 is 27.5 Å². The van der Waals surface area contributed by atoms with Crippen molar-refractivity contribution in [3.8, 4) is 0 Å². The van der Waals surface area contributed by atoms with E-state index in [1.165, 1.54) is 11.1 Å². The van der Waals surface area contributed by atoms with E-state index in [0.717, 1.165) is 23.1 Å². The van der Waals surface area contributed by atoms with Crippen LogP contribution in [0.3, 0.4) is 0 Å². The predicted octanol–water partition coefficient (Wildman–Crippen LogP) is 3.45. The average molecular weight is 331 g/mol. The van der Waals surface area contributed by atoms with Gasteiger partial charge in [-0.05, 0) is 47.0 Å². The lowest BCUT2D eigenvalue weighted by molar-refractivity contribution is 0.934. The van der Waals surface area contributed by atoms with Gasteiger partial charge >= 0.3 is 0 Å². The van der Waals surface area contributed by atoms with Gasteiger partial charge in [-0.15, -0.1) is 5.10 Å². The van der Waals surface area contributed by atoms with Gasteiger partial charge < -0.3 is 5.32 Å². The first-order valence-electron chi connectivity index (χ1n) is 6.52. The predicted molar refractivity (Wildman–Crippen MR) is 84.1 cm³/mol. The SMILES string of the molecule is Cc1cccc(CCNc2nc3ccc(Br)cn3n2)c1. The standard InChI is InChI=1S/C15H15BrN4/c1-11-3-2-4-12(9-11)7-8-17-15-18-14-6-5-13(16)10-20(14)19-15/h2-6,9-10H,7-8H2,1H3,(H,17,19). The molecule has 3 rings (SSSR count). The van der Waals surface area contributed by atoms with Gasteiger partial charge in [-0.2, -0.15) is 4.98 Å². The van der Waals surface area contributed by atoms with Crippen LogP contribution in [0.25, 0.3) is 5.65 Å². The Kier molecular flexibility index (Phi) is 3.69. The van der Waals surface area contributed by atoms with Gasteiger partial charge in [-0.3, -0.25) is 0 Å². The molecule has 5 heteroatoms. The number of hydrogen-bond acceptors (Lipinski definition) is 3. The zero-order valence-corrected chi connectivity index (χ0v) is 12.8. The molecule has 4 nitrogen and oxygen atoms in total. The number of pyridine rings is 1. The van der Waals surface area contributed by atoms with Gasteiger partial charge in [0.15, 0.2) is 5.65 Å². The van der Waals surface area contributed by atoms with E-state index in [4.69, 9.17) is 0 Å². The molecule has 0 saturated heterocycles. The van der Waals surface area contributed by atoms with Crippen LogP contribution in [0.2, 0.25) is 0 Å². The number of benzene rings is 1. The largest absolute Gasteiger partial charge is 0.353 e. The fourth-order valence-corrected chi connectivity index (χ4v) is 2.45. The minimum atomic E-state index is 0.663. The number of aryl methyl sites for hydroxylation is 1. The molecule has 0 radical (unpaired) electrons. The highest BCUT2D eigenvalue weighted by molar-refractivity contribution is 9.10. The molecule has 0 spiro atoms. The van der Waals surface area contributed by atoms with Crippen LogP contribution in [0.15, 0.2) is 47.1 Å². The molecule has 0 atom stereocenters. The molecule has 2 aromatic heterocycles. The highest BCUT2D eigenvalue weighted by atomic mass is 79.9.